The van der Waals surface area contributed by atoms with Gasteiger partial charge in [0.2, 0.25) is 6.54 Å². The molecule has 0 aromatic carbocycles. The number of ether oxygens (including phenoxy) is 1. The summed E-state index contributed by atoms with van der Waals surface area (Å²) in [5.74, 6) is -1.47. The van der Waals surface area contributed by atoms with Gasteiger partial charge in [0.1, 0.15) is 14.2 Å². The van der Waals surface area contributed by atoms with Crippen LogP contribution in [-0.2, 0) is 9.53 Å². The first kappa shape index (κ1) is 18.6. The summed E-state index contributed by atoms with van der Waals surface area (Å²) in [4.78, 5) is 22.8. The van der Waals surface area contributed by atoms with Crippen LogP contribution in [0.15, 0.2) is 0 Å². The van der Waals surface area contributed by atoms with E-state index in [0.717, 1.165) is 0 Å². The van der Waals surface area contributed by atoms with E-state index in [0.29, 0.717) is 0 Å². The second-order valence-electron chi connectivity index (χ2n) is 6.94. The Morgan fingerprint density at radius 1 is 1.41 bits per heavy atom. The minimum Gasteiger partial charge on any atom is -0.393 e. The molecule has 0 radical (unpaired) electrons. The summed E-state index contributed by atoms with van der Waals surface area (Å²) in [5, 5.41) is 30.9. The second-order valence-corrected chi connectivity index (χ2v) is 11.7. The van der Waals surface area contributed by atoms with Crippen LogP contribution in [-0.4, -0.2) is 47.9 Å². The molecule has 1 aliphatic carbocycles. The number of aliphatic hydroxyl groups excluding tert-OH is 2. The maximum absolute atomic E-state index is 12.4. The standard InChI is InChI=1S/C14H23NO6Si/c1-10-7-11(16)8-12(17)14(10,9-15(19)20)13(18)21-5-6-22(2,3)4/h10-12,16-17H,7-9H2,1-4H3/t10?,11-,12-,14+/m0/s1. The van der Waals surface area contributed by atoms with Crippen LogP contribution in [0.2, 0.25) is 19.6 Å². The summed E-state index contributed by atoms with van der Waals surface area (Å²) in [6, 6.07) is 0. The minimum absolute atomic E-state index is 0.0886. The first-order chi connectivity index (χ1) is 9.99. The third kappa shape index (κ3) is 4.29. The highest BCUT2D eigenvalue weighted by Crippen LogP contribution is 2.42. The number of nitrogens with zero attached hydrogens (tertiary/aromatic N) is 1. The van der Waals surface area contributed by atoms with Gasteiger partial charge in [0, 0.05) is 11.3 Å². The lowest BCUT2D eigenvalue weighted by molar-refractivity contribution is -0.501. The first-order valence-electron chi connectivity index (χ1n) is 7.20. The largest absolute Gasteiger partial charge is 0.393 e. The van der Waals surface area contributed by atoms with E-state index in [-0.39, 0.29) is 12.8 Å². The molecule has 1 rings (SSSR count). The SMILES string of the molecule is CC1C[C@H](O)C[C@H](O)[C@]1(C[N+](=O)[O-])C(=O)OC#C[Si](C)(C)C. The van der Waals surface area contributed by atoms with Crippen LogP contribution in [0, 0.1) is 33.1 Å². The lowest BCUT2D eigenvalue weighted by Crippen LogP contribution is -2.57. The van der Waals surface area contributed by atoms with E-state index in [1.54, 1.807) is 6.92 Å². The van der Waals surface area contributed by atoms with E-state index in [9.17, 15) is 25.1 Å². The Bertz CT molecular complexity index is 492. The predicted octanol–water partition coefficient (Wildman–Crippen LogP) is 0.783. The van der Waals surface area contributed by atoms with E-state index in [2.05, 4.69) is 11.7 Å². The predicted molar refractivity (Wildman–Crippen MR) is 81.9 cm³/mol. The van der Waals surface area contributed by atoms with Gasteiger partial charge in [-0.2, -0.15) is 0 Å². The summed E-state index contributed by atoms with van der Waals surface area (Å²) in [7, 11) is -1.75. The van der Waals surface area contributed by atoms with Crippen molar-refractivity contribution in [2.45, 2.75) is 51.6 Å². The molecule has 0 saturated heterocycles. The summed E-state index contributed by atoms with van der Waals surface area (Å²) >= 11 is 0. The fraction of sp³-hybridized carbons (Fsp3) is 0.786. The van der Waals surface area contributed by atoms with Gasteiger partial charge >= 0.3 is 5.97 Å². The number of aliphatic hydroxyl groups is 2. The fourth-order valence-corrected chi connectivity index (χ4v) is 3.06. The number of rotatable bonds is 3. The van der Waals surface area contributed by atoms with Crippen molar-refractivity contribution < 1.29 is 24.7 Å². The van der Waals surface area contributed by atoms with Crippen molar-refractivity contribution >= 4 is 14.0 Å². The third-order valence-electron chi connectivity index (χ3n) is 3.94. The monoisotopic (exact) mass is 329 g/mol. The molecule has 0 bridgehead atoms. The van der Waals surface area contributed by atoms with Crippen LogP contribution in [0.1, 0.15) is 19.8 Å². The van der Waals surface area contributed by atoms with Crippen LogP contribution < -0.4 is 0 Å². The molecule has 1 unspecified atom stereocenters. The van der Waals surface area contributed by atoms with Crippen molar-refractivity contribution in [3.05, 3.63) is 10.1 Å². The van der Waals surface area contributed by atoms with Gasteiger partial charge in [-0.25, -0.2) is 4.79 Å². The van der Waals surface area contributed by atoms with Gasteiger partial charge in [0.25, 0.3) is 0 Å². The van der Waals surface area contributed by atoms with Crippen molar-refractivity contribution in [2.75, 3.05) is 6.54 Å². The van der Waals surface area contributed by atoms with Gasteiger partial charge in [-0.15, -0.1) is 0 Å². The van der Waals surface area contributed by atoms with Gasteiger partial charge in [-0.1, -0.05) is 32.1 Å². The summed E-state index contributed by atoms with van der Waals surface area (Å²) in [5.41, 5.74) is 1.18. The highest BCUT2D eigenvalue weighted by molar-refractivity contribution is 6.83. The van der Waals surface area contributed by atoms with Crippen molar-refractivity contribution in [1.29, 1.82) is 0 Å². The molecule has 1 saturated carbocycles. The van der Waals surface area contributed by atoms with Gasteiger partial charge in [-0.3, -0.25) is 10.1 Å². The summed E-state index contributed by atoms with van der Waals surface area (Å²) in [6.45, 7) is 6.76. The third-order valence-corrected chi connectivity index (χ3v) is 4.79. The minimum atomic E-state index is -1.75. The summed E-state index contributed by atoms with van der Waals surface area (Å²) < 4.78 is 4.93. The molecule has 0 amide bonds. The maximum Gasteiger partial charge on any atom is 0.335 e. The maximum atomic E-state index is 12.4. The first-order valence-corrected chi connectivity index (χ1v) is 10.7. The van der Waals surface area contributed by atoms with Gasteiger partial charge in [0.05, 0.1) is 12.2 Å². The highest BCUT2D eigenvalue weighted by atomic mass is 28.3. The Labute approximate surface area is 130 Å². The Hall–Kier alpha value is -1.43. The zero-order valence-electron chi connectivity index (χ0n) is 13.3. The Balaban J connectivity index is 3.08. The fourth-order valence-electron chi connectivity index (χ4n) is 2.71. The van der Waals surface area contributed by atoms with E-state index in [1.165, 1.54) is 0 Å². The van der Waals surface area contributed by atoms with Crippen LogP contribution in [0.3, 0.4) is 0 Å². The molecule has 4 atom stereocenters. The Kier molecular flexibility index (Phi) is 5.73. The van der Waals surface area contributed by atoms with Gasteiger partial charge < -0.3 is 14.9 Å². The average molecular weight is 329 g/mol. The zero-order chi connectivity index (χ0) is 17.1. The molecule has 7 nitrogen and oxygen atoms in total. The molecular weight excluding hydrogens is 306 g/mol. The molecule has 124 valence electrons. The molecule has 0 aromatic rings. The van der Waals surface area contributed by atoms with Crippen LogP contribution in [0.5, 0.6) is 0 Å². The van der Waals surface area contributed by atoms with E-state index in [4.69, 9.17) is 4.74 Å². The number of carbonyl (C=O) groups excluding carboxylic acids is 1. The number of hydrogen-bond donors (Lipinski definition) is 2. The van der Waals surface area contributed by atoms with Gasteiger partial charge in [0.15, 0.2) is 5.41 Å². The number of nitro groups is 1. The topological polar surface area (TPSA) is 110 Å². The van der Waals surface area contributed by atoms with E-state index in [1.807, 2.05) is 19.6 Å². The van der Waals surface area contributed by atoms with Crippen molar-refractivity contribution in [3.63, 3.8) is 0 Å². The molecule has 8 heteroatoms. The molecule has 22 heavy (non-hydrogen) atoms. The average Bonchev–Trinajstić information content (AvgIpc) is 2.31. The highest BCUT2D eigenvalue weighted by Gasteiger charge is 2.58. The zero-order valence-corrected chi connectivity index (χ0v) is 14.3. The lowest BCUT2D eigenvalue weighted by Gasteiger charge is -2.42. The van der Waals surface area contributed by atoms with Gasteiger partial charge in [-0.05, 0) is 12.3 Å². The van der Waals surface area contributed by atoms with Crippen molar-refractivity contribution in [3.8, 4) is 11.7 Å². The molecule has 1 fully saturated rings. The number of carbonyl (C=O) groups is 1. The van der Waals surface area contributed by atoms with Crippen molar-refractivity contribution in [1.82, 2.24) is 0 Å². The van der Waals surface area contributed by atoms with Crippen LogP contribution in [0.4, 0.5) is 0 Å². The molecule has 0 aliphatic heterocycles. The lowest BCUT2D eigenvalue weighted by atomic mass is 9.64. The van der Waals surface area contributed by atoms with Crippen LogP contribution in [0.25, 0.3) is 0 Å². The molecule has 0 spiro atoms. The molecule has 0 heterocycles. The Morgan fingerprint density at radius 2 is 2.00 bits per heavy atom. The Morgan fingerprint density at radius 3 is 2.45 bits per heavy atom. The van der Waals surface area contributed by atoms with E-state index < -0.39 is 49.1 Å². The normalized spacial score (nSPS) is 31.8. The smallest absolute Gasteiger partial charge is 0.335 e. The van der Waals surface area contributed by atoms with Crippen LogP contribution >= 0.6 is 0 Å². The number of hydrogen-bond acceptors (Lipinski definition) is 6. The molecule has 2 N–H and O–H groups in total. The number of esters is 1. The second kappa shape index (κ2) is 6.77. The quantitative estimate of drug-likeness (QED) is 0.260. The molecule has 0 aromatic heterocycles. The van der Waals surface area contributed by atoms with Crippen molar-refractivity contribution in [2.24, 2.45) is 11.3 Å². The summed E-state index contributed by atoms with van der Waals surface area (Å²) in [6.07, 6.45) is 0.324. The molecular formula is C14H23NO6Si. The van der Waals surface area contributed by atoms with E-state index >= 15 is 0 Å². The molecule has 1 aliphatic rings.